The minimum Gasteiger partial charge on any atom is -0.344 e. The fourth-order valence-electron chi connectivity index (χ4n) is 3.64. The van der Waals surface area contributed by atoms with Crippen molar-refractivity contribution in [1.82, 2.24) is 19.9 Å². The molecule has 34 heavy (non-hydrogen) atoms. The average molecular weight is 465 g/mol. The van der Waals surface area contributed by atoms with E-state index < -0.39 is 0 Å². The quantitative estimate of drug-likeness (QED) is 0.565. The van der Waals surface area contributed by atoms with Crippen molar-refractivity contribution in [2.24, 2.45) is 16.1 Å². The number of nitrogens with zero attached hydrogens (tertiary/aromatic N) is 6. The second kappa shape index (κ2) is 10.4. The first kappa shape index (κ1) is 23.4. The SMILES string of the molecule is CN(CCN(C)C(=O)CCc1nc(-c2ccc(F)cc2)no1)CC1=C2C=CC=CC2C(=O)N=N1. The molecule has 0 N–H and O–H groups in total. The van der Waals surface area contributed by atoms with Crippen molar-refractivity contribution in [3.63, 3.8) is 0 Å². The summed E-state index contributed by atoms with van der Waals surface area (Å²) in [5.74, 6) is -0.274. The highest BCUT2D eigenvalue weighted by Crippen LogP contribution is 2.28. The van der Waals surface area contributed by atoms with E-state index >= 15 is 0 Å². The van der Waals surface area contributed by atoms with Crippen LogP contribution in [-0.4, -0.2) is 65.5 Å². The Kier molecular flexibility index (Phi) is 7.17. The Morgan fingerprint density at radius 2 is 1.91 bits per heavy atom. The zero-order valence-corrected chi connectivity index (χ0v) is 19.0. The molecule has 10 heteroatoms. The normalized spacial score (nSPS) is 16.9. The van der Waals surface area contributed by atoms with Crippen LogP contribution in [0.15, 0.2) is 74.6 Å². The van der Waals surface area contributed by atoms with E-state index in [-0.39, 0.29) is 30.0 Å². The van der Waals surface area contributed by atoms with Gasteiger partial charge in [-0.2, -0.15) is 10.1 Å². The van der Waals surface area contributed by atoms with E-state index in [9.17, 15) is 14.0 Å². The van der Waals surface area contributed by atoms with E-state index in [4.69, 9.17) is 4.52 Å². The van der Waals surface area contributed by atoms with Gasteiger partial charge in [-0.15, -0.1) is 5.11 Å². The maximum Gasteiger partial charge on any atom is 0.275 e. The van der Waals surface area contributed by atoms with Gasteiger partial charge < -0.3 is 9.42 Å². The number of halogens is 1. The van der Waals surface area contributed by atoms with Crippen molar-refractivity contribution < 1.29 is 18.5 Å². The molecule has 0 saturated heterocycles. The summed E-state index contributed by atoms with van der Waals surface area (Å²) in [6.45, 7) is 1.68. The molecule has 0 saturated carbocycles. The molecule has 2 aliphatic rings. The second-order valence-electron chi connectivity index (χ2n) is 8.23. The number of azo groups is 1. The van der Waals surface area contributed by atoms with Gasteiger partial charge in [0.05, 0.1) is 11.6 Å². The van der Waals surface area contributed by atoms with E-state index in [1.807, 2.05) is 36.3 Å². The topological polar surface area (TPSA) is 104 Å². The lowest BCUT2D eigenvalue weighted by atomic mass is 9.91. The van der Waals surface area contributed by atoms with Gasteiger partial charge in [-0.3, -0.25) is 14.5 Å². The number of benzene rings is 1. The minimum atomic E-state index is -0.358. The molecular formula is C24H25FN6O3. The summed E-state index contributed by atoms with van der Waals surface area (Å²) in [5, 5.41) is 11.8. The predicted octanol–water partition coefficient (Wildman–Crippen LogP) is 3.19. The Morgan fingerprint density at radius 3 is 2.71 bits per heavy atom. The fraction of sp³-hybridized carbons (Fsp3) is 0.333. The number of amides is 2. The van der Waals surface area contributed by atoms with Gasteiger partial charge in [0.1, 0.15) is 5.82 Å². The minimum absolute atomic E-state index is 0.0414. The van der Waals surface area contributed by atoms with Crippen LogP contribution in [0.4, 0.5) is 4.39 Å². The summed E-state index contributed by atoms with van der Waals surface area (Å²) in [6.07, 6.45) is 8.01. The number of hydrogen-bond donors (Lipinski definition) is 0. The van der Waals surface area contributed by atoms with Crippen LogP contribution < -0.4 is 0 Å². The van der Waals surface area contributed by atoms with Crippen molar-refractivity contribution in [3.05, 3.63) is 71.5 Å². The maximum absolute atomic E-state index is 13.1. The van der Waals surface area contributed by atoms with Crippen molar-refractivity contribution in [2.45, 2.75) is 12.8 Å². The molecule has 1 unspecified atom stereocenters. The average Bonchev–Trinajstić information content (AvgIpc) is 3.32. The Bertz CT molecular complexity index is 1180. The van der Waals surface area contributed by atoms with Gasteiger partial charge in [0.15, 0.2) is 0 Å². The summed E-state index contributed by atoms with van der Waals surface area (Å²) in [6, 6.07) is 5.81. The lowest BCUT2D eigenvalue weighted by Gasteiger charge is -2.25. The monoisotopic (exact) mass is 464 g/mol. The third-order valence-electron chi connectivity index (χ3n) is 5.68. The molecule has 2 aromatic rings. The first-order valence-electron chi connectivity index (χ1n) is 11.0. The molecule has 1 aromatic heterocycles. The Labute approximate surface area is 196 Å². The molecule has 2 amide bonds. The molecule has 9 nitrogen and oxygen atoms in total. The highest BCUT2D eigenvalue weighted by Gasteiger charge is 2.27. The largest absolute Gasteiger partial charge is 0.344 e. The standard InChI is InChI=1S/C24H25FN6O3/c1-30(15-20-18-5-3-4-6-19(18)24(33)28-27-20)13-14-31(2)22(32)12-11-21-26-23(29-34-21)16-7-9-17(25)10-8-16/h3-10,19H,11-15H2,1-2H3. The molecule has 176 valence electrons. The number of aromatic nitrogens is 2. The maximum atomic E-state index is 13.1. The van der Waals surface area contributed by atoms with E-state index in [1.54, 1.807) is 24.1 Å². The molecule has 1 atom stereocenters. The number of rotatable bonds is 9. The molecule has 1 aliphatic carbocycles. The molecule has 0 bridgehead atoms. The van der Waals surface area contributed by atoms with Crippen LogP contribution in [0.1, 0.15) is 12.3 Å². The third-order valence-corrected chi connectivity index (χ3v) is 5.68. The van der Waals surface area contributed by atoms with Gasteiger partial charge in [0.2, 0.25) is 17.6 Å². The lowest BCUT2D eigenvalue weighted by Crippen LogP contribution is -2.36. The molecule has 1 aliphatic heterocycles. The van der Waals surface area contributed by atoms with Gasteiger partial charge in [0, 0.05) is 45.1 Å². The van der Waals surface area contributed by atoms with Crippen LogP contribution >= 0.6 is 0 Å². The summed E-state index contributed by atoms with van der Waals surface area (Å²) >= 11 is 0. The van der Waals surface area contributed by atoms with Gasteiger partial charge in [-0.05, 0) is 36.9 Å². The van der Waals surface area contributed by atoms with Gasteiger partial charge in [-0.25, -0.2) is 4.39 Å². The van der Waals surface area contributed by atoms with Crippen LogP contribution in [-0.2, 0) is 16.0 Å². The van der Waals surface area contributed by atoms with Crippen LogP contribution in [0, 0.1) is 11.7 Å². The van der Waals surface area contributed by atoms with Crippen LogP contribution in [0.2, 0.25) is 0 Å². The van der Waals surface area contributed by atoms with E-state index in [0.717, 1.165) is 11.3 Å². The number of likely N-dealkylation sites (N-methyl/N-ethyl adjacent to an activating group) is 2. The Balaban J connectivity index is 1.24. The van der Waals surface area contributed by atoms with E-state index in [2.05, 4.69) is 20.4 Å². The highest BCUT2D eigenvalue weighted by atomic mass is 19.1. The molecular weight excluding hydrogens is 439 g/mol. The Hall–Kier alpha value is -3.79. The van der Waals surface area contributed by atoms with Gasteiger partial charge in [-0.1, -0.05) is 29.5 Å². The van der Waals surface area contributed by atoms with Gasteiger partial charge in [0.25, 0.3) is 5.91 Å². The number of hydrogen-bond acceptors (Lipinski definition) is 7. The summed E-state index contributed by atoms with van der Waals surface area (Å²) < 4.78 is 18.3. The van der Waals surface area contributed by atoms with Crippen LogP contribution in [0.25, 0.3) is 11.4 Å². The zero-order chi connectivity index (χ0) is 24.1. The number of allylic oxidation sites excluding steroid dienone is 3. The molecule has 0 fully saturated rings. The summed E-state index contributed by atoms with van der Waals surface area (Å²) in [4.78, 5) is 32.4. The van der Waals surface area contributed by atoms with Crippen LogP contribution in [0.5, 0.6) is 0 Å². The number of fused-ring (bicyclic) bond motifs is 1. The molecule has 0 radical (unpaired) electrons. The smallest absolute Gasteiger partial charge is 0.275 e. The van der Waals surface area contributed by atoms with Crippen molar-refractivity contribution in [3.8, 4) is 11.4 Å². The molecule has 1 aromatic carbocycles. The van der Waals surface area contributed by atoms with Crippen molar-refractivity contribution in [2.75, 3.05) is 33.7 Å². The molecule has 0 spiro atoms. The number of carbonyl (C=O) groups excluding carboxylic acids is 2. The predicted molar refractivity (Wildman–Crippen MR) is 122 cm³/mol. The van der Waals surface area contributed by atoms with Crippen molar-refractivity contribution >= 4 is 11.8 Å². The molecule has 4 rings (SSSR count). The summed E-state index contributed by atoms with van der Waals surface area (Å²) in [5.41, 5.74) is 2.28. The number of carbonyl (C=O) groups is 2. The second-order valence-corrected chi connectivity index (χ2v) is 8.23. The zero-order valence-electron chi connectivity index (χ0n) is 19.0. The van der Waals surface area contributed by atoms with E-state index in [0.29, 0.717) is 43.3 Å². The highest BCUT2D eigenvalue weighted by molar-refractivity contribution is 5.86. The first-order chi connectivity index (χ1) is 16.4. The lowest BCUT2D eigenvalue weighted by molar-refractivity contribution is -0.130. The van der Waals surface area contributed by atoms with E-state index in [1.165, 1.54) is 12.1 Å². The number of aryl methyl sites for hydroxylation is 1. The first-order valence-corrected chi connectivity index (χ1v) is 11.0. The van der Waals surface area contributed by atoms with Crippen molar-refractivity contribution in [1.29, 1.82) is 0 Å². The summed E-state index contributed by atoms with van der Waals surface area (Å²) in [7, 11) is 3.68. The molecule has 2 heterocycles. The fourth-order valence-corrected chi connectivity index (χ4v) is 3.64. The third kappa shape index (κ3) is 5.57. The van der Waals surface area contributed by atoms with Gasteiger partial charge >= 0.3 is 0 Å². The Morgan fingerprint density at radius 1 is 1.12 bits per heavy atom. The van der Waals surface area contributed by atoms with Crippen LogP contribution in [0.3, 0.4) is 0 Å².